The molecule has 0 aliphatic carbocycles. The fourth-order valence-electron chi connectivity index (χ4n) is 4.93. The number of carbonyl (C=O) groups is 2. The van der Waals surface area contributed by atoms with Crippen LogP contribution in [0.15, 0.2) is 48.5 Å². The average Bonchev–Trinajstić information content (AvgIpc) is 3.47. The number of nitrogens with zero attached hydrogens (tertiary/aromatic N) is 1. The monoisotopic (exact) mass is 520 g/mol. The summed E-state index contributed by atoms with van der Waals surface area (Å²) in [5, 5.41) is 4.72. The lowest BCUT2D eigenvalue weighted by atomic mass is 9.90. The van der Waals surface area contributed by atoms with Gasteiger partial charge in [-0.15, -0.1) is 0 Å². The molecule has 2 aliphatic rings. The predicted molar refractivity (Wildman–Crippen MR) is 139 cm³/mol. The number of halogens is 2. The maximum atomic E-state index is 11.7. The van der Waals surface area contributed by atoms with Gasteiger partial charge < -0.3 is 19.7 Å². The molecule has 190 valence electrons. The minimum atomic E-state index is -0.117. The highest BCUT2D eigenvalue weighted by molar-refractivity contribution is 6.30. The molecule has 2 heterocycles. The van der Waals surface area contributed by atoms with E-state index in [1.54, 1.807) is 0 Å². The van der Waals surface area contributed by atoms with Crippen LogP contribution in [0.5, 0.6) is 0 Å². The Kier molecular flexibility index (Phi) is 10.4. The molecule has 1 N–H and O–H groups in total. The van der Waals surface area contributed by atoms with Gasteiger partial charge in [0.1, 0.15) is 0 Å². The van der Waals surface area contributed by atoms with Crippen molar-refractivity contribution < 1.29 is 19.1 Å². The van der Waals surface area contributed by atoms with E-state index in [0.29, 0.717) is 18.4 Å². The highest BCUT2D eigenvalue weighted by atomic mass is 35.5. The largest absolute Gasteiger partial charge is 0.469 e. The van der Waals surface area contributed by atoms with Crippen LogP contribution in [0.1, 0.15) is 11.1 Å². The molecule has 0 spiro atoms. The molecule has 4 atom stereocenters. The summed E-state index contributed by atoms with van der Waals surface area (Å²) >= 11 is 11.7. The van der Waals surface area contributed by atoms with Crippen LogP contribution < -0.4 is 5.32 Å². The van der Waals surface area contributed by atoms with Gasteiger partial charge in [0, 0.05) is 29.7 Å². The summed E-state index contributed by atoms with van der Waals surface area (Å²) < 4.78 is 9.70. The second-order valence-corrected chi connectivity index (χ2v) is 10.2. The molecule has 2 fully saturated rings. The zero-order valence-corrected chi connectivity index (χ0v) is 22.0. The highest BCUT2D eigenvalue weighted by Gasteiger charge is 2.36. The normalized spacial score (nSPS) is 23.9. The van der Waals surface area contributed by atoms with Crippen molar-refractivity contribution in [2.75, 3.05) is 47.4 Å². The Balaban J connectivity index is 0.000000196. The maximum absolute atomic E-state index is 11.7. The van der Waals surface area contributed by atoms with Crippen LogP contribution in [0.25, 0.3) is 0 Å². The van der Waals surface area contributed by atoms with Crippen molar-refractivity contribution in [2.45, 2.75) is 12.8 Å². The molecule has 6 nitrogen and oxygen atoms in total. The lowest BCUT2D eigenvalue weighted by molar-refractivity contribution is -0.147. The lowest BCUT2D eigenvalue weighted by Gasteiger charge is -2.16. The van der Waals surface area contributed by atoms with Crippen molar-refractivity contribution in [3.8, 4) is 0 Å². The smallest absolute Gasteiger partial charge is 0.310 e. The topological polar surface area (TPSA) is 67.9 Å². The fourth-order valence-corrected chi connectivity index (χ4v) is 5.19. The quantitative estimate of drug-likeness (QED) is 0.577. The van der Waals surface area contributed by atoms with Crippen LogP contribution in [0.3, 0.4) is 0 Å². The van der Waals surface area contributed by atoms with E-state index in [1.165, 1.54) is 25.3 Å². The van der Waals surface area contributed by atoms with Gasteiger partial charge >= 0.3 is 11.9 Å². The molecule has 0 aromatic heterocycles. The second-order valence-electron chi connectivity index (χ2n) is 9.32. The minimum absolute atomic E-state index is 0.0179. The van der Waals surface area contributed by atoms with Crippen molar-refractivity contribution >= 4 is 35.1 Å². The first-order valence-electron chi connectivity index (χ1n) is 11.8. The first-order chi connectivity index (χ1) is 16.8. The number of methoxy groups -OCH3 is 2. The molecule has 8 heteroatoms. The zero-order chi connectivity index (χ0) is 25.4. The van der Waals surface area contributed by atoms with Crippen LogP contribution >= 0.6 is 23.2 Å². The van der Waals surface area contributed by atoms with E-state index in [1.807, 2.05) is 55.6 Å². The van der Waals surface area contributed by atoms with Crippen LogP contribution in [0.4, 0.5) is 0 Å². The van der Waals surface area contributed by atoms with Crippen molar-refractivity contribution in [3.63, 3.8) is 0 Å². The molecule has 0 amide bonds. The molecule has 0 bridgehead atoms. The lowest BCUT2D eigenvalue weighted by Crippen LogP contribution is -2.25. The molecule has 0 unspecified atom stereocenters. The number of esters is 2. The second kappa shape index (κ2) is 13.3. The van der Waals surface area contributed by atoms with Crippen LogP contribution in [-0.2, 0) is 31.9 Å². The molecule has 2 aromatic carbocycles. The van der Waals surface area contributed by atoms with Crippen LogP contribution in [-0.4, -0.2) is 64.3 Å². The first kappa shape index (κ1) is 27.5. The molecule has 4 rings (SSSR count). The molecule has 2 aromatic rings. The summed E-state index contributed by atoms with van der Waals surface area (Å²) in [4.78, 5) is 25.5. The molecule has 0 radical (unpaired) electrons. The zero-order valence-electron chi connectivity index (χ0n) is 20.5. The Morgan fingerprint density at radius 3 is 1.80 bits per heavy atom. The molecular formula is C27H34Cl2N2O4. The Morgan fingerprint density at radius 1 is 0.800 bits per heavy atom. The number of carbonyl (C=O) groups excluding carboxylic acids is 2. The van der Waals surface area contributed by atoms with Crippen molar-refractivity contribution in [3.05, 3.63) is 69.7 Å². The van der Waals surface area contributed by atoms with E-state index < -0.39 is 0 Å². The third-order valence-electron chi connectivity index (χ3n) is 6.79. The van der Waals surface area contributed by atoms with Crippen LogP contribution in [0, 0.1) is 23.7 Å². The van der Waals surface area contributed by atoms with Gasteiger partial charge in [-0.1, -0.05) is 47.5 Å². The van der Waals surface area contributed by atoms with E-state index in [9.17, 15) is 9.59 Å². The third-order valence-corrected chi connectivity index (χ3v) is 7.30. The molecule has 0 saturated carbocycles. The Labute approximate surface area is 217 Å². The van der Waals surface area contributed by atoms with Gasteiger partial charge in [0.15, 0.2) is 0 Å². The van der Waals surface area contributed by atoms with E-state index >= 15 is 0 Å². The average molecular weight is 521 g/mol. The first-order valence-corrected chi connectivity index (χ1v) is 12.6. The van der Waals surface area contributed by atoms with Crippen molar-refractivity contribution in [2.24, 2.45) is 23.7 Å². The Morgan fingerprint density at radius 2 is 1.29 bits per heavy atom. The van der Waals surface area contributed by atoms with E-state index in [0.717, 1.165) is 42.5 Å². The summed E-state index contributed by atoms with van der Waals surface area (Å²) in [6, 6.07) is 15.6. The van der Waals surface area contributed by atoms with Crippen LogP contribution in [0.2, 0.25) is 10.0 Å². The Hall–Kier alpha value is -2.12. The number of hydrogen-bond acceptors (Lipinski definition) is 6. The molecule has 35 heavy (non-hydrogen) atoms. The summed E-state index contributed by atoms with van der Waals surface area (Å²) in [5.74, 6) is 0.367. The number of rotatable bonds is 6. The number of hydrogen-bond donors (Lipinski definition) is 1. The van der Waals surface area contributed by atoms with Gasteiger partial charge in [0.25, 0.3) is 0 Å². The molecule has 2 aliphatic heterocycles. The van der Waals surface area contributed by atoms with E-state index in [4.69, 9.17) is 32.7 Å². The van der Waals surface area contributed by atoms with Gasteiger partial charge in [0.05, 0.1) is 26.1 Å². The summed E-state index contributed by atoms with van der Waals surface area (Å²) in [6.07, 6.45) is 1.77. The minimum Gasteiger partial charge on any atom is -0.469 e. The maximum Gasteiger partial charge on any atom is 0.310 e. The van der Waals surface area contributed by atoms with Gasteiger partial charge in [0.2, 0.25) is 0 Å². The number of ether oxygens (including phenoxy) is 2. The number of benzene rings is 2. The van der Waals surface area contributed by atoms with Gasteiger partial charge in [-0.2, -0.15) is 0 Å². The van der Waals surface area contributed by atoms with E-state index in [2.05, 4.69) is 10.2 Å². The highest BCUT2D eigenvalue weighted by Crippen LogP contribution is 2.27. The van der Waals surface area contributed by atoms with Gasteiger partial charge in [-0.3, -0.25) is 9.59 Å². The SMILES string of the molecule is COC(=O)[C@H]1CN(C)C[C@@H]1Cc1ccc(Cl)cc1.COC(=O)[C@H]1CNC[C@@H]1Cc1ccc(Cl)cc1. The predicted octanol–water partition coefficient (Wildman–Crippen LogP) is 4.12. The third kappa shape index (κ3) is 7.94. The van der Waals surface area contributed by atoms with Gasteiger partial charge in [-0.25, -0.2) is 0 Å². The van der Waals surface area contributed by atoms with Crippen molar-refractivity contribution in [1.29, 1.82) is 0 Å². The summed E-state index contributed by atoms with van der Waals surface area (Å²) in [5.41, 5.74) is 2.42. The van der Waals surface area contributed by atoms with Gasteiger partial charge in [-0.05, 0) is 73.7 Å². The fraction of sp³-hybridized carbons (Fsp3) is 0.481. The molecule has 2 saturated heterocycles. The standard InChI is InChI=1S/C14H18ClNO2.C13H16ClNO2/c1-16-8-11(13(9-16)14(17)18-2)7-10-3-5-12(15)6-4-10;1-17-13(16)12-8-15-7-10(12)6-9-2-4-11(14)5-3-9/h3-6,11,13H,7-9H2,1-2H3;2-5,10,12,15H,6-8H2,1H3/t11-,13-;10-,12-/m00/s1. The molecular weight excluding hydrogens is 487 g/mol. The summed E-state index contributed by atoms with van der Waals surface area (Å²) in [7, 11) is 4.94. The number of likely N-dealkylation sites (tertiary alicyclic amines) is 1. The van der Waals surface area contributed by atoms with Crippen molar-refractivity contribution in [1.82, 2.24) is 10.2 Å². The summed E-state index contributed by atoms with van der Waals surface area (Å²) in [6.45, 7) is 3.29. The number of nitrogens with one attached hydrogen (secondary N) is 1. The Bertz CT molecular complexity index is 968. The van der Waals surface area contributed by atoms with E-state index in [-0.39, 0.29) is 23.8 Å².